The molecule has 1 saturated heterocycles. The van der Waals surface area contributed by atoms with Crippen LogP contribution in [0.4, 0.5) is 0 Å². The first-order valence-electron chi connectivity index (χ1n) is 7.17. The third-order valence-electron chi connectivity index (χ3n) is 3.95. The average molecular weight is 289 g/mol. The maximum absolute atomic E-state index is 12.1. The van der Waals surface area contributed by atoms with E-state index >= 15 is 0 Å². The molecule has 0 radical (unpaired) electrons. The molecule has 110 valence electrons. The molecule has 1 saturated carbocycles. The molecule has 2 rings (SSSR count). The van der Waals surface area contributed by atoms with Crippen molar-refractivity contribution in [3.8, 4) is 0 Å². The summed E-state index contributed by atoms with van der Waals surface area (Å²) in [6.07, 6.45) is 4.32. The minimum atomic E-state index is -3.12. The third-order valence-corrected chi connectivity index (χ3v) is 5.85. The SMILES string of the molecule is CCOC(=O)C1CCN(S(=O)(=O)CCC2CC2)CC1. The molecular formula is C13H23NO4S. The molecule has 0 aromatic rings. The number of ether oxygens (including phenoxy) is 1. The fourth-order valence-electron chi connectivity index (χ4n) is 2.48. The molecule has 0 bridgehead atoms. The molecule has 0 N–H and O–H groups in total. The maximum atomic E-state index is 12.1. The number of carbonyl (C=O) groups excluding carboxylic acids is 1. The first kappa shape index (κ1) is 14.8. The van der Waals surface area contributed by atoms with E-state index in [-0.39, 0.29) is 17.6 Å². The lowest BCUT2D eigenvalue weighted by Crippen LogP contribution is -2.41. The number of hydrogen-bond donors (Lipinski definition) is 0. The largest absolute Gasteiger partial charge is 0.466 e. The van der Waals surface area contributed by atoms with Gasteiger partial charge < -0.3 is 4.74 Å². The first-order chi connectivity index (χ1) is 9.03. The Morgan fingerprint density at radius 1 is 1.21 bits per heavy atom. The zero-order chi connectivity index (χ0) is 13.9. The van der Waals surface area contributed by atoms with Gasteiger partial charge >= 0.3 is 5.97 Å². The Bertz CT molecular complexity index is 408. The molecule has 0 unspecified atom stereocenters. The summed E-state index contributed by atoms with van der Waals surface area (Å²) in [6.45, 7) is 3.08. The van der Waals surface area contributed by atoms with Gasteiger partial charge in [0.1, 0.15) is 0 Å². The van der Waals surface area contributed by atoms with Crippen LogP contribution in [0.1, 0.15) is 39.0 Å². The van der Waals surface area contributed by atoms with Crippen molar-refractivity contribution in [1.29, 1.82) is 0 Å². The summed E-state index contributed by atoms with van der Waals surface area (Å²) in [7, 11) is -3.12. The second-order valence-electron chi connectivity index (χ2n) is 5.47. The number of hydrogen-bond acceptors (Lipinski definition) is 4. The van der Waals surface area contributed by atoms with Crippen molar-refractivity contribution in [2.75, 3.05) is 25.4 Å². The monoisotopic (exact) mass is 289 g/mol. The van der Waals surface area contributed by atoms with Crippen LogP contribution in [0.3, 0.4) is 0 Å². The zero-order valence-corrected chi connectivity index (χ0v) is 12.3. The Balaban J connectivity index is 1.79. The van der Waals surface area contributed by atoms with E-state index in [1.807, 2.05) is 0 Å². The van der Waals surface area contributed by atoms with Gasteiger partial charge in [-0.05, 0) is 32.1 Å². The van der Waals surface area contributed by atoms with Crippen LogP contribution in [0.25, 0.3) is 0 Å². The topological polar surface area (TPSA) is 63.7 Å². The van der Waals surface area contributed by atoms with Crippen molar-refractivity contribution in [2.45, 2.75) is 39.0 Å². The van der Waals surface area contributed by atoms with Gasteiger partial charge in [0, 0.05) is 13.1 Å². The van der Waals surface area contributed by atoms with E-state index < -0.39 is 10.0 Å². The summed E-state index contributed by atoms with van der Waals surface area (Å²) in [5, 5.41) is 0. The summed E-state index contributed by atoms with van der Waals surface area (Å²) >= 11 is 0. The Morgan fingerprint density at radius 2 is 1.84 bits per heavy atom. The van der Waals surface area contributed by atoms with E-state index in [4.69, 9.17) is 4.74 Å². The molecular weight excluding hydrogens is 266 g/mol. The minimum absolute atomic E-state index is 0.130. The van der Waals surface area contributed by atoms with Crippen LogP contribution in [-0.2, 0) is 19.6 Å². The molecule has 1 aliphatic carbocycles. The number of sulfonamides is 1. The molecule has 0 aromatic carbocycles. The highest BCUT2D eigenvalue weighted by Gasteiger charge is 2.32. The van der Waals surface area contributed by atoms with E-state index in [0.717, 1.165) is 6.42 Å². The number of carbonyl (C=O) groups is 1. The van der Waals surface area contributed by atoms with Gasteiger partial charge in [-0.3, -0.25) is 4.79 Å². The fourth-order valence-corrected chi connectivity index (χ4v) is 4.14. The van der Waals surface area contributed by atoms with E-state index in [0.29, 0.717) is 38.5 Å². The summed E-state index contributed by atoms with van der Waals surface area (Å²) in [6, 6.07) is 0. The summed E-state index contributed by atoms with van der Waals surface area (Å²) in [5.74, 6) is 0.584. The molecule has 0 amide bonds. The number of nitrogens with zero attached hydrogens (tertiary/aromatic N) is 1. The first-order valence-corrected chi connectivity index (χ1v) is 8.78. The van der Waals surface area contributed by atoms with Gasteiger partial charge in [0.2, 0.25) is 10.0 Å². The predicted octanol–water partition coefficient (Wildman–Crippen LogP) is 1.39. The van der Waals surface area contributed by atoms with Crippen molar-refractivity contribution in [2.24, 2.45) is 11.8 Å². The number of piperidine rings is 1. The summed E-state index contributed by atoms with van der Waals surface area (Å²) < 4.78 is 30.8. The molecule has 6 heteroatoms. The van der Waals surface area contributed by atoms with Crippen molar-refractivity contribution in [3.05, 3.63) is 0 Å². The van der Waals surface area contributed by atoms with E-state index in [1.165, 1.54) is 12.8 Å². The minimum Gasteiger partial charge on any atom is -0.466 e. The van der Waals surface area contributed by atoms with E-state index in [9.17, 15) is 13.2 Å². The molecule has 0 spiro atoms. The van der Waals surface area contributed by atoms with Gasteiger partial charge in [0.25, 0.3) is 0 Å². The smallest absolute Gasteiger partial charge is 0.309 e. The van der Waals surface area contributed by atoms with Gasteiger partial charge in [0.05, 0.1) is 18.3 Å². The maximum Gasteiger partial charge on any atom is 0.309 e. The molecule has 0 atom stereocenters. The van der Waals surface area contributed by atoms with Crippen LogP contribution in [-0.4, -0.2) is 44.1 Å². The molecule has 5 nitrogen and oxygen atoms in total. The summed E-state index contributed by atoms with van der Waals surface area (Å²) in [5.41, 5.74) is 0. The molecule has 2 fully saturated rings. The highest BCUT2D eigenvalue weighted by molar-refractivity contribution is 7.89. The predicted molar refractivity (Wildman–Crippen MR) is 72.1 cm³/mol. The van der Waals surface area contributed by atoms with Crippen molar-refractivity contribution in [1.82, 2.24) is 4.31 Å². The Kier molecular flexibility index (Phi) is 4.84. The highest BCUT2D eigenvalue weighted by atomic mass is 32.2. The van der Waals surface area contributed by atoms with E-state index in [2.05, 4.69) is 0 Å². The molecule has 2 aliphatic rings. The average Bonchev–Trinajstić information content (AvgIpc) is 3.21. The van der Waals surface area contributed by atoms with Crippen LogP contribution in [0.5, 0.6) is 0 Å². The second kappa shape index (κ2) is 6.22. The summed E-state index contributed by atoms with van der Waals surface area (Å²) in [4.78, 5) is 11.6. The lowest BCUT2D eigenvalue weighted by molar-refractivity contribution is -0.149. The van der Waals surface area contributed by atoms with Crippen LogP contribution in [0, 0.1) is 11.8 Å². The normalized spacial score (nSPS) is 22.4. The second-order valence-corrected chi connectivity index (χ2v) is 7.56. The Hall–Kier alpha value is -0.620. The zero-order valence-electron chi connectivity index (χ0n) is 11.5. The van der Waals surface area contributed by atoms with Gasteiger partial charge in [-0.1, -0.05) is 12.8 Å². The van der Waals surface area contributed by atoms with Crippen molar-refractivity contribution >= 4 is 16.0 Å². The molecule has 1 heterocycles. The van der Waals surface area contributed by atoms with Gasteiger partial charge in [-0.15, -0.1) is 0 Å². The number of esters is 1. The van der Waals surface area contributed by atoms with Crippen LogP contribution in [0.15, 0.2) is 0 Å². The fraction of sp³-hybridized carbons (Fsp3) is 0.923. The van der Waals surface area contributed by atoms with Crippen LogP contribution >= 0.6 is 0 Å². The standard InChI is InChI=1S/C13H23NO4S/c1-2-18-13(15)12-5-8-14(9-6-12)19(16,17)10-7-11-3-4-11/h11-12H,2-10H2,1H3. The van der Waals surface area contributed by atoms with Gasteiger partial charge in [-0.2, -0.15) is 0 Å². The van der Waals surface area contributed by atoms with Gasteiger partial charge in [0.15, 0.2) is 0 Å². The third kappa shape index (κ3) is 4.18. The molecule has 0 aromatic heterocycles. The van der Waals surface area contributed by atoms with E-state index in [1.54, 1.807) is 11.2 Å². The van der Waals surface area contributed by atoms with Crippen LogP contribution < -0.4 is 0 Å². The highest BCUT2D eigenvalue weighted by Crippen LogP contribution is 2.33. The lowest BCUT2D eigenvalue weighted by Gasteiger charge is -2.30. The van der Waals surface area contributed by atoms with Crippen molar-refractivity contribution < 1.29 is 17.9 Å². The van der Waals surface area contributed by atoms with Crippen LogP contribution in [0.2, 0.25) is 0 Å². The Labute approximate surface area is 115 Å². The quantitative estimate of drug-likeness (QED) is 0.693. The lowest BCUT2D eigenvalue weighted by atomic mass is 9.98. The number of rotatable bonds is 6. The Morgan fingerprint density at radius 3 is 2.37 bits per heavy atom. The van der Waals surface area contributed by atoms with Gasteiger partial charge in [-0.25, -0.2) is 12.7 Å². The molecule has 1 aliphatic heterocycles. The molecule has 19 heavy (non-hydrogen) atoms. The van der Waals surface area contributed by atoms with Crippen molar-refractivity contribution in [3.63, 3.8) is 0 Å².